The smallest absolute Gasteiger partial charge is 0.243 e. The van der Waals surface area contributed by atoms with Crippen molar-refractivity contribution in [2.24, 2.45) is 0 Å². The van der Waals surface area contributed by atoms with E-state index in [1.807, 2.05) is 0 Å². The fourth-order valence-electron chi connectivity index (χ4n) is 1.97. The summed E-state index contributed by atoms with van der Waals surface area (Å²) >= 11 is 9.20. The Morgan fingerprint density at radius 3 is 2.74 bits per heavy atom. The van der Waals surface area contributed by atoms with Crippen molar-refractivity contribution in [3.8, 4) is 0 Å². The lowest BCUT2D eigenvalue weighted by Crippen LogP contribution is -2.45. The van der Waals surface area contributed by atoms with Gasteiger partial charge in [-0.1, -0.05) is 17.7 Å². The van der Waals surface area contributed by atoms with E-state index in [1.165, 1.54) is 0 Å². The van der Waals surface area contributed by atoms with Gasteiger partial charge in [-0.05, 0) is 47.4 Å². The summed E-state index contributed by atoms with van der Waals surface area (Å²) in [6.07, 6.45) is 1.81. The predicted molar refractivity (Wildman–Crippen MR) is 82.6 cm³/mol. The van der Waals surface area contributed by atoms with Crippen LogP contribution in [0.25, 0.3) is 0 Å². The van der Waals surface area contributed by atoms with E-state index in [2.05, 4.69) is 26.0 Å². The Bertz CT molecular complexity index is 513. The molecule has 108 valence electrons. The Balaban J connectivity index is 0.00000180. The van der Waals surface area contributed by atoms with E-state index in [4.69, 9.17) is 11.6 Å². The third kappa shape index (κ3) is 4.31. The lowest BCUT2D eigenvalue weighted by Gasteiger charge is -2.24. The Morgan fingerprint density at radius 2 is 2.16 bits per heavy atom. The maximum Gasteiger partial charge on any atom is 0.243 e. The van der Waals surface area contributed by atoms with E-state index in [0.29, 0.717) is 11.0 Å². The molecule has 0 spiro atoms. The average molecular weight is 390 g/mol. The quantitative estimate of drug-likeness (QED) is 0.835. The molecule has 1 heterocycles. The summed E-state index contributed by atoms with van der Waals surface area (Å²) in [5.41, 5.74) is 0. The molecule has 0 aromatic heterocycles. The van der Waals surface area contributed by atoms with Crippen molar-refractivity contribution in [1.29, 1.82) is 0 Å². The standard InChI is InChI=1S/C11H14BrClN2O2S.ClH/c12-9-4-1-5-10(13)11(9)18(16,17)15-8-3-2-6-14-7-8;/h1,4-5,8,14-15H,2-3,6-7H2;1H. The van der Waals surface area contributed by atoms with E-state index in [1.54, 1.807) is 18.2 Å². The molecule has 8 heteroatoms. The van der Waals surface area contributed by atoms with Crippen molar-refractivity contribution in [1.82, 2.24) is 10.0 Å². The van der Waals surface area contributed by atoms with E-state index in [9.17, 15) is 8.42 Å². The zero-order chi connectivity index (χ0) is 13.2. The minimum absolute atomic E-state index is 0. The van der Waals surface area contributed by atoms with Crippen molar-refractivity contribution in [3.63, 3.8) is 0 Å². The lowest BCUT2D eigenvalue weighted by molar-refractivity contribution is 0.428. The van der Waals surface area contributed by atoms with Crippen LogP contribution in [0.1, 0.15) is 12.8 Å². The number of piperidine rings is 1. The molecule has 1 aliphatic rings. The van der Waals surface area contributed by atoms with Crippen LogP contribution < -0.4 is 10.0 Å². The molecule has 0 saturated carbocycles. The molecule has 1 unspecified atom stereocenters. The molecule has 19 heavy (non-hydrogen) atoms. The zero-order valence-electron chi connectivity index (χ0n) is 10.0. The molecular formula is C11H15BrCl2N2O2S. The van der Waals surface area contributed by atoms with Crippen LogP contribution in [-0.4, -0.2) is 27.5 Å². The summed E-state index contributed by atoms with van der Waals surface area (Å²) in [5.74, 6) is 0. The summed E-state index contributed by atoms with van der Waals surface area (Å²) in [6, 6.07) is 4.86. The normalized spacial score (nSPS) is 19.8. The Labute approximate surface area is 132 Å². The molecule has 0 bridgehead atoms. The second kappa shape index (κ2) is 7.24. The van der Waals surface area contributed by atoms with Crippen molar-refractivity contribution < 1.29 is 8.42 Å². The van der Waals surface area contributed by atoms with Crippen LogP contribution in [-0.2, 0) is 10.0 Å². The number of sulfonamides is 1. The van der Waals surface area contributed by atoms with Gasteiger partial charge in [0.15, 0.2) is 0 Å². The molecule has 0 aliphatic carbocycles. The number of rotatable bonds is 3. The zero-order valence-corrected chi connectivity index (χ0v) is 14.0. The third-order valence-corrected chi connectivity index (χ3v) is 5.78. The van der Waals surface area contributed by atoms with E-state index >= 15 is 0 Å². The molecule has 0 amide bonds. The van der Waals surface area contributed by atoms with Gasteiger partial charge in [0.05, 0.1) is 5.02 Å². The molecule has 2 rings (SSSR count). The summed E-state index contributed by atoms with van der Waals surface area (Å²) in [7, 11) is -3.59. The van der Waals surface area contributed by atoms with Crippen LogP contribution >= 0.6 is 39.9 Å². The summed E-state index contributed by atoms with van der Waals surface area (Å²) in [6.45, 7) is 1.59. The predicted octanol–water partition coefficient (Wildman–Crippen LogP) is 2.55. The molecule has 1 saturated heterocycles. The Hall–Kier alpha value is 0.150. The molecular weight excluding hydrogens is 375 g/mol. The van der Waals surface area contributed by atoms with E-state index in [-0.39, 0.29) is 28.4 Å². The van der Waals surface area contributed by atoms with Gasteiger partial charge in [0.25, 0.3) is 0 Å². The molecule has 2 N–H and O–H groups in total. The molecule has 1 aliphatic heterocycles. The van der Waals surface area contributed by atoms with Gasteiger partial charge in [-0.3, -0.25) is 0 Å². The molecule has 4 nitrogen and oxygen atoms in total. The SMILES string of the molecule is Cl.O=S(=O)(NC1CCCNC1)c1c(Cl)cccc1Br. The van der Waals surface area contributed by atoms with Gasteiger partial charge in [-0.2, -0.15) is 0 Å². The van der Waals surface area contributed by atoms with Gasteiger partial charge in [-0.15, -0.1) is 12.4 Å². The van der Waals surface area contributed by atoms with Gasteiger partial charge in [0.1, 0.15) is 4.90 Å². The van der Waals surface area contributed by atoms with Gasteiger partial charge in [0.2, 0.25) is 10.0 Å². The highest BCUT2D eigenvalue weighted by atomic mass is 79.9. The topological polar surface area (TPSA) is 58.2 Å². The number of halogens is 3. The first-order valence-corrected chi connectivity index (χ1v) is 8.33. The Morgan fingerprint density at radius 1 is 1.42 bits per heavy atom. The van der Waals surface area contributed by atoms with Crippen LogP contribution in [0.5, 0.6) is 0 Å². The van der Waals surface area contributed by atoms with Crippen LogP contribution in [0.2, 0.25) is 5.02 Å². The monoisotopic (exact) mass is 388 g/mol. The molecule has 1 atom stereocenters. The minimum atomic E-state index is -3.59. The number of nitrogens with one attached hydrogen (secondary N) is 2. The maximum atomic E-state index is 12.3. The highest BCUT2D eigenvalue weighted by Gasteiger charge is 2.25. The largest absolute Gasteiger partial charge is 0.315 e. The second-order valence-corrected chi connectivity index (χ2v) is 7.13. The highest BCUT2D eigenvalue weighted by Crippen LogP contribution is 2.29. The first-order chi connectivity index (χ1) is 8.50. The van der Waals surface area contributed by atoms with Gasteiger partial charge in [0, 0.05) is 17.1 Å². The van der Waals surface area contributed by atoms with Crippen LogP contribution in [0.4, 0.5) is 0 Å². The highest BCUT2D eigenvalue weighted by molar-refractivity contribution is 9.10. The molecule has 1 aromatic rings. The Kier molecular flexibility index (Phi) is 6.56. The fourth-order valence-corrected chi connectivity index (χ4v) is 4.98. The first-order valence-electron chi connectivity index (χ1n) is 5.68. The number of benzene rings is 1. The average Bonchev–Trinajstić information content (AvgIpc) is 2.28. The third-order valence-electron chi connectivity index (χ3n) is 2.81. The summed E-state index contributed by atoms with van der Waals surface area (Å²) < 4.78 is 27.7. The van der Waals surface area contributed by atoms with Crippen molar-refractivity contribution in [2.75, 3.05) is 13.1 Å². The van der Waals surface area contributed by atoms with Crippen molar-refractivity contribution >= 4 is 50.0 Å². The van der Waals surface area contributed by atoms with Gasteiger partial charge >= 0.3 is 0 Å². The van der Waals surface area contributed by atoms with Gasteiger partial charge < -0.3 is 5.32 Å². The van der Waals surface area contributed by atoms with Crippen molar-refractivity contribution in [3.05, 3.63) is 27.7 Å². The molecule has 0 radical (unpaired) electrons. The fraction of sp³-hybridized carbons (Fsp3) is 0.455. The summed E-state index contributed by atoms with van der Waals surface area (Å²) in [4.78, 5) is 0.109. The molecule has 1 fully saturated rings. The lowest BCUT2D eigenvalue weighted by atomic mass is 10.1. The minimum Gasteiger partial charge on any atom is -0.315 e. The molecule has 1 aromatic carbocycles. The number of hydrogen-bond acceptors (Lipinski definition) is 3. The van der Waals surface area contributed by atoms with Crippen molar-refractivity contribution in [2.45, 2.75) is 23.8 Å². The van der Waals surface area contributed by atoms with Gasteiger partial charge in [-0.25, -0.2) is 13.1 Å². The van der Waals surface area contributed by atoms with E-state index < -0.39 is 10.0 Å². The second-order valence-electron chi connectivity index (χ2n) is 4.22. The van der Waals surface area contributed by atoms with Crippen LogP contribution in [0.15, 0.2) is 27.6 Å². The van der Waals surface area contributed by atoms with Crippen LogP contribution in [0.3, 0.4) is 0 Å². The van der Waals surface area contributed by atoms with E-state index in [0.717, 1.165) is 19.4 Å². The number of hydrogen-bond donors (Lipinski definition) is 2. The summed E-state index contributed by atoms with van der Waals surface area (Å²) in [5, 5.41) is 3.39. The van der Waals surface area contributed by atoms with Crippen LogP contribution in [0, 0.1) is 0 Å². The maximum absolute atomic E-state index is 12.3. The first kappa shape index (κ1) is 17.2.